The van der Waals surface area contributed by atoms with Gasteiger partial charge in [0.2, 0.25) is 0 Å². The summed E-state index contributed by atoms with van der Waals surface area (Å²) < 4.78 is 6.26. The maximum absolute atomic E-state index is 11.1. The van der Waals surface area contributed by atoms with Gasteiger partial charge in [-0.05, 0) is 23.8 Å². The first kappa shape index (κ1) is 11.9. The maximum Gasteiger partial charge on any atom is 0.442 e. The molecular formula is C14H8BrNO3. The minimum Gasteiger partial charge on any atom is -0.400 e. The molecular weight excluding hydrogens is 310 g/mol. The summed E-state index contributed by atoms with van der Waals surface area (Å²) in [6, 6.07) is 14.5. The highest BCUT2D eigenvalue weighted by Crippen LogP contribution is 2.39. The van der Waals surface area contributed by atoms with Crippen LogP contribution in [0.25, 0.3) is 22.1 Å². The minimum absolute atomic E-state index is 0.219. The van der Waals surface area contributed by atoms with Gasteiger partial charge in [-0.2, -0.15) is 0 Å². The van der Waals surface area contributed by atoms with Gasteiger partial charge in [0.1, 0.15) is 16.1 Å². The van der Waals surface area contributed by atoms with E-state index in [1.54, 1.807) is 12.1 Å². The first-order valence-electron chi connectivity index (χ1n) is 5.58. The highest BCUT2D eigenvalue weighted by molar-refractivity contribution is 9.10. The first-order chi connectivity index (χ1) is 9.16. The number of fused-ring (bicyclic) bond motifs is 1. The van der Waals surface area contributed by atoms with Crippen LogP contribution in [0.1, 0.15) is 0 Å². The second-order valence-corrected chi connectivity index (χ2v) is 4.96. The van der Waals surface area contributed by atoms with Crippen molar-refractivity contribution in [3.63, 3.8) is 0 Å². The van der Waals surface area contributed by atoms with E-state index in [0.717, 1.165) is 15.4 Å². The highest BCUT2D eigenvalue weighted by atomic mass is 79.9. The molecule has 0 spiro atoms. The van der Waals surface area contributed by atoms with Crippen LogP contribution in [0.5, 0.6) is 0 Å². The third-order valence-electron chi connectivity index (χ3n) is 2.88. The van der Waals surface area contributed by atoms with E-state index in [9.17, 15) is 10.1 Å². The molecule has 0 fully saturated rings. The zero-order chi connectivity index (χ0) is 13.4. The lowest BCUT2D eigenvalue weighted by atomic mass is 10.0. The fourth-order valence-corrected chi connectivity index (χ4v) is 2.32. The smallest absolute Gasteiger partial charge is 0.400 e. The number of rotatable bonds is 2. The summed E-state index contributed by atoms with van der Waals surface area (Å²) in [5, 5.41) is 11.9. The Bertz CT molecular complexity index is 762. The lowest BCUT2D eigenvalue weighted by molar-refractivity contribution is -0.400. The van der Waals surface area contributed by atoms with E-state index in [2.05, 4.69) is 15.9 Å². The summed E-state index contributed by atoms with van der Waals surface area (Å²) in [5.74, 6) is -0.219. The molecule has 2 aromatic carbocycles. The molecule has 0 N–H and O–H groups in total. The zero-order valence-electron chi connectivity index (χ0n) is 9.67. The Hall–Kier alpha value is -2.14. The zero-order valence-corrected chi connectivity index (χ0v) is 11.3. The van der Waals surface area contributed by atoms with Crippen LogP contribution in [0.3, 0.4) is 0 Å². The molecule has 0 saturated carbocycles. The molecule has 0 aliphatic carbocycles. The van der Waals surface area contributed by atoms with Crippen molar-refractivity contribution in [2.75, 3.05) is 0 Å². The molecule has 0 amide bonds. The Balaban J connectivity index is 2.34. The van der Waals surface area contributed by atoms with Crippen LogP contribution in [0.4, 0.5) is 5.88 Å². The molecule has 0 unspecified atom stereocenters. The van der Waals surface area contributed by atoms with Gasteiger partial charge < -0.3 is 4.42 Å². The van der Waals surface area contributed by atoms with Gasteiger partial charge in [-0.3, -0.25) is 10.1 Å². The minimum atomic E-state index is -0.489. The van der Waals surface area contributed by atoms with Gasteiger partial charge in [-0.25, -0.2) is 0 Å². The number of halogens is 1. The van der Waals surface area contributed by atoms with Gasteiger partial charge in [-0.1, -0.05) is 46.3 Å². The largest absolute Gasteiger partial charge is 0.442 e. The summed E-state index contributed by atoms with van der Waals surface area (Å²) in [6.45, 7) is 0. The van der Waals surface area contributed by atoms with Crippen LogP contribution >= 0.6 is 15.9 Å². The normalized spacial score (nSPS) is 10.8. The van der Waals surface area contributed by atoms with Crippen LogP contribution in [0, 0.1) is 10.1 Å². The number of nitro groups is 1. The van der Waals surface area contributed by atoms with Crippen molar-refractivity contribution >= 4 is 32.8 Å². The molecule has 0 bridgehead atoms. The maximum atomic E-state index is 11.1. The molecule has 0 radical (unpaired) electrons. The number of furan rings is 1. The van der Waals surface area contributed by atoms with E-state index >= 15 is 0 Å². The molecule has 3 rings (SSSR count). The van der Waals surface area contributed by atoms with E-state index in [0.29, 0.717) is 11.1 Å². The first-order valence-corrected chi connectivity index (χ1v) is 6.38. The molecule has 4 nitrogen and oxygen atoms in total. The van der Waals surface area contributed by atoms with Crippen LogP contribution < -0.4 is 0 Å². The Morgan fingerprint density at radius 2 is 1.74 bits per heavy atom. The molecule has 19 heavy (non-hydrogen) atoms. The third kappa shape index (κ3) is 2.02. The SMILES string of the molecule is O=[N+]([O-])c1oc2ccccc2c1-c1ccc(Br)cc1. The number of benzene rings is 2. The van der Waals surface area contributed by atoms with E-state index in [1.807, 2.05) is 36.4 Å². The quantitative estimate of drug-likeness (QED) is 0.505. The highest BCUT2D eigenvalue weighted by Gasteiger charge is 2.24. The van der Waals surface area contributed by atoms with E-state index in [-0.39, 0.29) is 5.88 Å². The van der Waals surface area contributed by atoms with Crippen molar-refractivity contribution in [1.82, 2.24) is 0 Å². The molecule has 0 aliphatic heterocycles. The summed E-state index contributed by atoms with van der Waals surface area (Å²) >= 11 is 3.35. The molecule has 0 saturated heterocycles. The number of hydrogen-bond acceptors (Lipinski definition) is 3. The number of nitrogens with zero attached hydrogens (tertiary/aromatic N) is 1. The monoisotopic (exact) mass is 317 g/mol. The van der Waals surface area contributed by atoms with Crippen molar-refractivity contribution in [2.45, 2.75) is 0 Å². The van der Waals surface area contributed by atoms with Crippen LogP contribution in [0.15, 0.2) is 57.4 Å². The standard InChI is InChI=1S/C14H8BrNO3/c15-10-7-5-9(6-8-10)13-11-3-1-2-4-12(11)19-14(13)16(17)18/h1-8H. The fraction of sp³-hybridized carbons (Fsp3) is 0. The molecule has 0 aliphatic rings. The molecule has 94 valence electrons. The van der Waals surface area contributed by atoms with Crippen molar-refractivity contribution in [2.24, 2.45) is 0 Å². The molecule has 3 aromatic rings. The van der Waals surface area contributed by atoms with Crippen molar-refractivity contribution < 1.29 is 9.34 Å². The van der Waals surface area contributed by atoms with Crippen LogP contribution in [-0.2, 0) is 0 Å². The topological polar surface area (TPSA) is 56.3 Å². The fourth-order valence-electron chi connectivity index (χ4n) is 2.06. The van der Waals surface area contributed by atoms with E-state index in [1.165, 1.54) is 0 Å². The van der Waals surface area contributed by atoms with Gasteiger partial charge in [0, 0.05) is 9.86 Å². The van der Waals surface area contributed by atoms with Crippen LogP contribution in [-0.4, -0.2) is 4.92 Å². The molecule has 5 heteroatoms. The van der Waals surface area contributed by atoms with Crippen molar-refractivity contribution in [3.05, 3.63) is 63.1 Å². The Morgan fingerprint density at radius 3 is 2.42 bits per heavy atom. The summed E-state index contributed by atoms with van der Waals surface area (Å²) in [4.78, 5) is 10.6. The molecule has 0 atom stereocenters. The third-order valence-corrected chi connectivity index (χ3v) is 3.40. The van der Waals surface area contributed by atoms with Crippen molar-refractivity contribution in [1.29, 1.82) is 0 Å². The Kier molecular flexibility index (Phi) is 2.83. The predicted octanol–water partition coefficient (Wildman–Crippen LogP) is 4.77. The van der Waals surface area contributed by atoms with Gasteiger partial charge >= 0.3 is 5.88 Å². The van der Waals surface area contributed by atoms with Crippen LogP contribution in [0.2, 0.25) is 0 Å². The summed E-state index contributed by atoms with van der Waals surface area (Å²) in [7, 11) is 0. The predicted molar refractivity (Wildman–Crippen MR) is 76.0 cm³/mol. The lowest BCUT2D eigenvalue weighted by Gasteiger charge is -1.98. The number of para-hydroxylation sites is 1. The average molecular weight is 318 g/mol. The summed E-state index contributed by atoms with van der Waals surface area (Å²) in [5.41, 5.74) is 1.81. The Labute approximate surface area is 116 Å². The number of hydrogen-bond donors (Lipinski definition) is 0. The van der Waals surface area contributed by atoms with Gasteiger partial charge in [0.25, 0.3) is 0 Å². The second kappa shape index (κ2) is 4.51. The van der Waals surface area contributed by atoms with Gasteiger partial charge in [0.15, 0.2) is 0 Å². The second-order valence-electron chi connectivity index (χ2n) is 4.04. The van der Waals surface area contributed by atoms with Crippen molar-refractivity contribution in [3.8, 4) is 11.1 Å². The lowest BCUT2D eigenvalue weighted by Crippen LogP contribution is -1.88. The van der Waals surface area contributed by atoms with E-state index < -0.39 is 4.92 Å². The van der Waals surface area contributed by atoms with E-state index in [4.69, 9.17) is 4.42 Å². The van der Waals surface area contributed by atoms with Gasteiger partial charge in [0.05, 0.1) is 0 Å². The Morgan fingerprint density at radius 1 is 1.05 bits per heavy atom. The summed E-state index contributed by atoms with van der Waals surface area (Å²) in [6.07, 6.45) is 0. The molecule has 1 aromatic heterocycles. The average Bonchev–Trinajstić information content (AvgIpc) is 2.79. The van der Waals surface area contributed by atoms with Gasteiger partial charge in [-0.15, -0.1) is 0 Å². The molecule has 1 heterocycles.